The Hall–Kier alpha value is -3.40. The van der Waals surface area contributed by atoms with Crippen molar-refractivity contribution in [2.45, 2.75) is 13.0 Å². The summed E-state index contributed by atoms with van der Waals surface area (Å²) in [7, 11) is 4.63. The number of halogens is 1. The first-order chi connectivity index (χ1) is 17.4. The maximum absolute atomic E-state index is 13.7. The number of hydrogen-bond donors (Lipinski definition) is 0. The molecule has 0 fully saturated rings. The van der Waals surface area contributed by atoms with Gasteiger partial charge >= 0.3 is 5.97 Å². The van der Waals surface area contributed by atoms with Gasteiger partial charge < -0.3 is 18.9 Å². The molecule has 0 N–H and O–H groups in total. The molecule has 1 aliphatic heterocycles. The number of nitrogens with zero attached hydrogens (tertiary/aromatic N) is 2. The highest BCUT2D eigenvalue weighted by Crippen LogP contribution is 2.34. The number of carbonyl (C=O) groups excluding carboxylic acids is 1. The third-order valence-corrected chi connectivity index (χ3v) is 6.99. The van der Waals surface area contributed by atoms with Crippen molar-refractivity contribution in [3.05, 3.63) is 89.6 Å². The van der Waals surface area contributed by atoms with E-state index in [9.17, 15) is 9.59 Å². The molecule has 0 aliphatic carbocycles. The third-order valence-electron chi connectivity index (χ3n) is 5.67. The monoisotopic (exact) mass is 528 g/mol. The third kappa shape index (κ3) is 4.95. The van der Waals surface area contributed by atoms with Gasteiger partial charge in [-0.25, -0.2) is 9.79 Å². The molecule has 1 atom stereocenters. The molecule has 10 heteroatoms. The van der Waals surface area contributed by atoms with Crippen LogP contribution >= 0.6 is 22.9 Å². The van der Waals surface area contributed by atoms with Crippen LogP contribution in [0, 0.1) is 0 Å². The lowest BCUT2D eigenvalue weighted by molar-refractivity contribution is -0.140. The Labute approximate surface area is 216 Å². The average molecular weight is 529 g/mol. The van der Waals surface area contributed by atoms with Crippen LogP contribution in [-0.2, 0) is 14.3 Å². The van der Waals surface area contributed by atoms with E-state index in [0.717, 1.165) is 5.56 Å². The first-order valence-corrected chi connectivity index (χ1v) is 12.2. The Bertz CT molecular complexity index is 1510. The van der Waals surface area contributed by atoms with Crippen molar-refractivity contribution >= 4 is 35.0 Å². The fourth-order valence-electron chi connectivity index (χ4n) is 3.96. The number of benzene rings is 2. The predicted molar refractivity (Wildman–Crippen MR) is 138 cm³/mol. The van der Waals surface area contributed by atoms with Crippen molar-refractivity contribution in [3.63, 3.8) is 0 Å². The number of hydrogen-bond acceptors (Lipinski definition) is 8. The molecule has 2 aromatic carbocycles. The second-order valence-electron chi connectivity index (χ2n) is 7.85. The summed E-state index contributed by atoms with van der Waals surface area (Å²) < 4.78 is 23.0. The quantitative estimate of drug-likeness (QED) is 0.330. The largest absolute Gasteiger partial charge is 0.493 e. The number of aromatic nitrogens is 1. The van der Waals surface area contributed by atoms with Crippen LogP contribution in [0.25, 0.3) is 6.08 Å². The summed E-state index contributed by atoms with van der Waals surface area (Å²) in [5.74, 6) is 0.555. The van der Waals surface area contributed by atoms with Gasteiger partial charge in [0, 0.05) is 12.1 Å². The zero-order chi connectivity index (χ0) is 25.8. The molecule has 2 heterocycles. The van der Waals surface area contributed by atoms with Crippen LogP contribution in [0.5, 0.6) is 11.5 Å². The zero-order valence-corrected chi connectivity index (χ0v) is 21.8. The van der Waals surface area contributed by atoms with E-state index < -0.39 is 12.0 Å². The van der Waals surface area contributed by atoms with Crippen molar-refractivity contribution in [3.8, 4) is 11.5 Å². The summed E-state index contributed by atoms with van der Waals surface area (Å²) in [6.45, 7) is 2.05. The number of fused-ring (bicyclic) bond motifs is 1. The van der Waals surface area contributed by atoms with Gasteiger partial charge in [-0.05, 0) is 42.3 Å². The highest BCUT2D eigenvalue weighted by atomic mass is 35.5. The Morgan fingerprint density at radius 2 is 1.86 bits per heavy atom. The SMILES string of the molecule is COCCOC(=O)C1=C(C)N=c2s/c(=C\c3ccc(OC)c(OC)c3)c(=O)n2[C@H]1c1ccccc1Cl. The van der Waals surface area contributed by atoms with Gasteiger partial charge in [0.05, 0.1) is 36.6 Å². The summed E-state index contributed by atoms with van der Waals surface area (Å²) in [5, 5.41) is 0.425. The van der Waals surface area contributed by atoms with E-state index in [1.54, 1.807) is 57.6 Å². The number of ether oxygens (including phenoxy) is 4. The minimum atomic E-state index is -0.794. The van der Waals surface area contributed by atoms with Crippen LogP contribution in [0.15, 0.2) is 63.5 Å². The lowest BCUT2D eigenvalue weighted by atomic mass is 9.96. The van der Waals surface area contributed by atoms with Crippen LogP contribution in [0.1, 0.15) is 24.1 Å². The molecule has 8 nitrogen and oxygen atoms in total. The van der Waals surface area contributed by atoms with Crippen LogP contribution in [0.2, 0.25) is 5.02 Å². The first-order valence-electron chi connectivity index (χ1n) is 11.0. The Morgan fingerprint density at radius 1 is 1.11 bits per heavy atom. The molecule has 0 unspecified atom stereocenters. The molecular formula is C26H25ClN2O6S. The second kappa shape index (κ2) is 11.1. The van der Waals surface area contributed by atoms with E-state index in [2.05, 4.69) is 4.99 Å². The van der Waals surface area contributed by atoms with Gasteiger partial charge in [0.2, 0.25) is 0 Å². The number of esters is 1. The molecule has 3 aromatic rings. The van der Waals surface area contributed by atoms with Gasteiger partial charge in [0.1, 0.15) is 12.6 Å². The molecule has 188 valence electrons. The fraction of sp³-hybridized carbons (Fsp3) is 0.269. The normalized spacial score (nSPS) is 15.4. The number of carbonyl (C=O) groups is 1. The molecular weight excluding hydrogens is 504 g/mol. The van der Waals surface area contributed by atoms with Crippen molar-refractivity contribution in [2.24, 2.45) is 4.99 Å². The first kappa shape index (κ1) is 25.7. The summed E-state index contributed by atoms with van der Waals surface area (Å²) in [6, 6.07) is 11.7. The Kier molecular flexibility index (Phi) is 7.93. The van der Waals surface area contributed by atoms with E-state index in [-0.39, 0.29) is 24.3 Å². The minimum absolute atomic E-state index is 0.0745. The van der Waals surface area contributed by atoms with E-state index in [4.69, 9.17) is 30.5 Å². The number of allylic oxidation sites excluding steroid dienone is 1. The number of rotatable bonds is 8. The van der Waals surface area contributed by atoms with Crippen LogP contribution in [0.4, 0.5) is 0 Å². The van der Waals surface area contributed by atoms with E-state index >= 15 is 0 Å². The smallest absolute Gasteiger partial charge is 0.338 e. The molecule has 1 aliphatic rings. The zero-order valence-electron chi connectivity index (χ0n) is 20.2. The minimum Gasteiger partial charge on any atom is -0.493 e. The summed E-state index contributed by atoms with van der Waals surface area (Å²) in [4.78, 5) is 31.9. The summed E-state index contributed by atoms with van der Waals surface area (Å²) in [5.41, 5.74) is 1.77. The van der Waals surface area contributed by atoms with E-state index in [0.29, 0.717) is 37.1 Å². The summed E-state index contributed by atoms with van der Waals surface area (Å²) in [6.07, 6.45) is 1.76. The van der Waals surface area contributed by atoms with Crippen LogP contribution < -0.4 is 24.4 Å². The van der Waals surface area contributed by atoms with Gasteiger partial charge in [0.25, 0.3) is 5.56 Å². The molecule has 0 saturated heterocycles. The molecule has 0 radical (unpaired) electrons. The molecule has 1 aromatic heterocycles. The molecule has 0 amide bonds. The number of methoxy groups -OCH3 is 3. The second-order valence-corrected chi connectivity index (χ2v) is 9.26. The molecule has 0 bridgehead atoms. The van der Waals surface area contributed by atoms with Crippen molar-refractivity contribution in [2.75, 3.05) is 34.5 Å². The average Bonchev–Trinajstić information content (AvgIpc) is 3.17. The van der Waals surface area contributed by atoms with Crippen molar-refractivity contribution in [1.29, 1.82) is 0 Å². The lowest BCUT2D eigenvalue weighted by Crippen LogP contribution is -2.40. The van der Waals surface area contributed by atoms with E-state index in [1.807, 2.05) is 12.1 Å². The Balaban J connectivity index is 1.89. The molecule has 0 saturated carbocycles. The van der Waals surface area contributed by atoms with Crippen molar-refractivity contribution in [1.82, 2.24) is 4.57 Å². The highest BCUT2D eigenvalue weighted by molar-refractivity contribution is 7.07. The lowest BCUT2D eigenvalue weighted by Gasteiger charge is -2.25. The molecule has 36 heavy (non-hydrogen) atoms. The van der Waals surface area contributed by atoms with E-state index in [1.165, 1.54) is 23.0 Å². The van der Waals surface area contributed by atoms with Gasteiger partial charge in [0.15, 0.2) is 16.3 Å². The maximum Gasteiger partial charge on any atom is 0.338 e. The van der Waals surface area contributed by atoms with Gasteiger partial charge in [-0.2, -0.15) is 0 Å². The molecule has 0 spiro atoms. The van der Waals surface area contributed by atoms with Crippen molar-refractivity contribution < 1.29 is 23.7 Å². The van der Waals surface area contributed by atoms with Crippen LogP contribution in [0.3, 0.4) is 0 Å². The summed E-state index contributed by atoms with van der Waals surface area (Å²) >= 11 is 7.78. The van der Waals surface area contributed by atoms with Gasteiger partial charge in [-0.3, -0.25) is 9.36 Å². The van der Waals surface area contributed by atoms with Crippen LogP contribution in [-0.4, -0.2) is 45.1 Å². The predicted octanol–water partition coefficient (Wildman–Crippen LogP) is 3.10. The maximum atomic E-state index is 13.7. The number of thiazole rings is 1. The van der Waals surface area contributed by atoms with Gasteiger partial charge in [-0.15, -0.1) is 0 Å². The topological polar surface area (TPSA) is 88.4 Å². The molecule has 4 rings (SSSR count). The fourth-order valence-corrected chi connectivity index (χ4v) is 5.25. The Morgan fingerprint density at radius 3 is 2.56 bits per heavy atom. The van der Waals surface area contributed by atoms with Gasteiger partial charge in [-0.1, -0.05) is 47.2 Å². The highest BCUT2D eigenvalue weighted by Gasteiger charge is 2.34. The standard InChI is InChI=1S/C26H25ClN2O6S/c1-15-22(25(31)35-12-11-32-2)23(17-7-5-6-8-18(17)27)29-24(30)21(36-26(29)28-15)14-16-9-10-19(33-3)20(13-16)34-4/h5-10,13-14,23H,11-12H2,1-4H3/b21-14-/t23-/m0/s1.